The number of amides is 1. The maximum Gasteiger partial charge on any atom is 0.490 e. The third-order valence-electron chi connectivity index (χ3n) is 5.85. The lowest BCUT2D eigenvalue weighted by Crippen LogP contribution is -2.33. The summed E-state index contributed by atoms with van der Waals surface area (Å²) in [6.07, 6.45) is -2.92. The van der Waals surface area contributed by atoms with E-state index in [9.17, 15) is 22.8 Å². The molecule has 1 aromatic carbocycles. The second-order valence-electron chi connectivity index (χ2n) is 8.00. The van der Waals surface area contributed by atoms with Crippen molar-refractivity contribution in [3.05, 3.63) is 46.4 Å². The normalized spacial score (nSPS) is 20.7. The molecular weight excluding hydrogens is 431 g/mol. The number of hydrogen-bond donors (Lipinski definition) is 3. The molecule has 5 rings (SSSR count). The molecule has 1 spiro atoms. The van der Waals surface area contributed by atoms with Crippen LogP contribution >= 0.6 is 0 Å². The number of H-pyrrole nitrogens is 1. The van der Waals surface area contributed by atoms with E-state index in [1.165, 1.54) is 0 Å². The quantitative estimate of drug-likeness (QED) is 0.518. The number of carboxylic acids is 1. The van der Waals surface area contributed by atoms with Gasteiger partial charge in [0.15, 0.2) is 5.69 Å². The van der Waals surface area contributed by atoms with Crippen LogP contribution < -0.4 is 10.9 Å². The van der Waals surface area contributed by atoms with E-state index in [0.29, 0.717) is 22.2 Å². The van der Waals surface area contributed by atoms with Gasteiger partial charge >= 0.3 is 12.1 Å². The van der Waals surface area contributed by atoms with E-state index < -0.39 is 12.1 Å². The summed E-state index contributed by atoms with van der Waals surface area (Å²) in [5, 5.41) is 15.6. The van der Waals surface area contributed by atoms with Gasteiger partial charge in [-0.1, -0.05) is 12.1 Å². The molecule has 0 aliphatic carbocycles. The van der Waals surface area contributed by atoms with Gasteiger partial charge in [-0.05, 0) is 31.5 Å². The number of benzene rings is 1. The van der Waals surface area contributed by atoms with E-state index in [1.807, 2.05) is 23.1 Å². The van der Waals surface area contributed by atoms with Gasteiger partial charge in [0.1, 0.15) is 5.65 Å². The van der Waals surface area contributed by atoms with Crippen LogP contribution in [0, 0.1) is 5.41 Å². The number of carboxylic acid groups (broad SMARTS) is 1. The van der Waals surface area contributed by atoms with Gasteiger partial charge in [-0.25, -0.2) is 9.31 Å². The highest BCUT2D eigenvalue weighted by Gasteiger charge is 2.42. The van der Waals surface area contributed by atoms with Crippen molar-refractivity contribution in [2.75, 3.05) is 26.2 Å². The SMILES string of the molecule is O=C(O)C(F)(F)F.O=C(c1cc2[nH]c(=O)c3ccccc3n2n1)N1CCC2(CCNC2)C1. The molecule has 2 aliphatic rings. The van der Waals surface area contributed by atoms with Crippen molar-refractivity contribution in [3.63, 3.8) is 0 Å². The molecule has 3 N–H and O–H groups in total. The van der Waals surface area contributed by atoms with Gasteiger partial charge in [-0.3, -0.25) is 9.59 Å². The van der Waals surface area contributed by atoms with Gasteiger partial charge in [0.05, 0.1) is 10.9 Å². The van der Waals surface area contributed by atoms with E-state index in [-0.39, 0.29) is 16.9 Å². The largest absolute Gasteiger partial charge is 0.490 e. The molecule has 4 heterocycles. The molecule has 1 amide bonds. The molecule has 12 heteroatoms. The van der Waals surface area contributed by atoms with Crippen LogP contribution in [0.15, 0.2) is 35.1 Å². The van der Waals surface area contributed by atoms with Crippen LogP contribution in [0.1, 0.15) is 23.3 Å². The van der Waals surface area contributed by atoms with Gasteiger partial charge in [-0.15, -0.1) is 0 Å². The lowest BCUT2D eigenvalue weighted by Gasteiger charge is -2.22. The van der Waals surface area contributed by atoms with Gasteiger partial charge in [0.25, 0.3) is 11.5 Å². The lowest BCUT2D eigenvalue weighted by atomic mass is 9.87. The Bertz CT molecular complexity index is 1240. The average Bonchev–Trinajstić information content (AvgIpc) is 3.48. The molecule has 2 aromatic heterocycles. The van der Waals surface area contributed by atoms with E-state index in [2.05, 4.69) is 15.4 Å². The van der Waals surface area contributed by atoms with Crippen molar-refractivity contribution in [1.82, 2.24) is 24.8 Å². The minimum Gasteiger partial charge on any atom is -0.475 e. The molecule has 2 saturated heterocycles. The summed E-state index contributed by atoms with van der Waals surface area (Å²) in [6.45, 7) is 3.57. The zero-order valence-corrected chi connectivity index (χ0v) is 16.8. The Labute approximate surface area is 178 Å². The number of carbonyl (C=O) groups excluding carboxylic acids is 1. The molecular formula is C20H20F3N5O4. The lowest BCUT2D eigenvalue weighted by molar-refractivity contribution is -0.192. The molecule has 0 bridgehead atoms. The fraction of sp³-hybridized carbons (Fsp3) is 0.400. The van der Waals surface area contributed by atoms with E-state index in [0.717, 1.165) is 39.0 Å². The second kappa shape index (κ2) is 7.93. The first kappa shape index (κ1) is 21.8. The molecule has 0 radical (unpaired) electrons. The molecule has 2 aliphatic heterocycles. The Balaban J connectivity index is 0.000000307. The topological polar surface area (TPSA) is 120 Å². The van der Waals surface area contributed by atoms with Crippen molar-refractivity contribution < 1.29 is 27.9 Å². The fourth-order valence-electron chi connectivity index (χ4n) is 4.21. The number of rotatable bonds is 1. The summed E-state index contributed by atoms with van der Waals surface area (Å²) >= 11 is 0. The third-order valence-corrected chi connectivity index (χ3v) is 5.85. The van der Waals surface area contributed by atoms with Gasteiger partial charge in [0.2, 0.25) is 0 Å². The Morgan fingerprint density at radius 1 is 1.19 bits per heavy atom. The summed E-state index contributed by atoms with van der Waals surface area (Å²) in [7, 11) is 0. The fourth-order valence-corrected chi connectivity index (χ4v) is 4.21. The van der Waals surface area contributed by atoms with Crippen LogP contribution in [-0.2, 0) is 4.79 Å². The number of fused-ring (bicyclic) bond motifs is 3. The third kappa shape index (κ3) is 4.05. The monoisotopic (exact) mass is 451 g/mol. The Morgan fingerprint density at radius 3 is 2.56 bits per heavy atom. The van der Waals surface area contributed by atoms with Crippen LogP contribution in [0.2, 0.25) is 0 Å². The summed E-state index contributed by atoms with van der Waals surface area (Å²) in [6, 6.07) is 8.95. The summed E-state index contributed by atoms with van der Waals surface area (Å²) in [5.74, 6) is -2.81. The van der Waals surface area contributed by atoms with Crippen LogP contribution in [0.25, 0.3) is 16.6 Å². The predicted octanol–water partition coefficient (Wildman–Crippen LogP) is 1.63. The number of aromatic amines is 1. The van der Waals surface area contributed by atoms with Crippen LogP contribution in [0.4, 0.5) is 13.2 Å². The number of para-hydroxylation sites is 1. The van der Waals surface area contributed by atoms with Gasteiger partial charge in [0, 0.05) is 31.1 Å². The summed E-state index contributed by atoms with van der Waals surface area (Å²) in [5.41, 5.74) is 1.70. The van der Waals surface area contributed by atoms with Crippen LogP contribution in [0.3, 0.4) is 0 Å². The first-order valence-corrected chi connectivity index (χ1v) is 9.91. The maximum atomic E-state index is 12.9. The zero-order valence-electron chi connectivity index (χ0n) is 16.8. The van der Waals surface area contributed by atoms with Gasteiger partial charge < -0.3 is 20.3 Å². The molecule has 9 nitrogen and oxygen atoms in total. The van der Waals surface area contributed by atoms with E-state index in [1.54, 1.807) is 16.6 Å². The van der Waals surface area contributed by atoms with Crippen molar-refractivity contribution >= 4 is 28.4 Å². The summed E-state index contributed by atoms with van der Waals surface area (Å²) in [4.78, 5) is 38.7. The number of nitrogens with one attached hydrogen (secondary N) is 2. The predicted molar refractivity (Wildman–Crippen MR) is 107 cm³/mol. The van der Waals surface area contributed by atoms with Crippen LogP contribution in [-0.4, -0.2) is 68.8 Å². The van der Waals surface area contributed by atoms with Crippen molar-refractivity contribution in [1.29, 1.82) is 0 Å². The number of alkyl halides is 3. The Kier molecular flexibility index (Phi) is 5.41. The van der Waals surface area contributed by atoms with Gasteiger partial charge in [-0.2, -0.15) is 18.3 Å². The minimum atomic E-state index is -5.08. The van der Waals surface area contributed by atoms with Crippen molar-refractivity contribution in [3.8, 4) is 0 Å². The van der Waals surface area contributed by atoms with E-state index in [4.69, 9.17) is 9.90 Å². The zero-order chi connectivity index (χ0) is 23.1. The highest BCUT2D eigenvalue weighted by molar-refractivity contribution is 5.94. The Hall–Kier alpha value is -3.41. The highest BCUT2D eigenvalue weighted by atomic mass is 19.4. The molecule has 3 aromatic rings. The minimum absolute atomic E-state index is 0.0580. The van der Waals surface area contributed by atoms with Crippen molar-refractivity contribution in [2.45, 2.75) is 19.0 Å². The first-order valence-electron chi connectivity index (χ1n) is 9.91. The number of carbonyl (C=O) groups is 2. The smallest absolute Gasteiger partial charge is 0.475 e. The molecule has 0 saturated carbocycles. The average molecular weight is 451 g/mol. The van der Waals surface area contributed by atoms with E-state index >= 15 is 0 Å². The highest BCUT2D eigenvalue weighted by Crippen LogP contribution is 2.36. The van der Waals surface area contributed by atoms with Crippen LogP contribution in [0.5, 0.6) is 0 Å². The number of nitrogens with zero attached hydrogens (tertiary/aromatic N) is 3. The number of hydrogen-bond acceptors (Lipinski definition) is 5. The molecule has 170 valence electrons. The number of halogens is 3. The molecule has 1 atom stereocenters. The summed E-state index contributed by atoms with van der Waals surface area (Å²) < 4.78 is 33.4. The standard InChI is InChI=1S/C18H19N5O2.C2HF3O2/c24-16-12-3-1-2-4-14(12)23-15(20-16)9-13(21-23)17(25)22-8-6-18(11-22)5-7-19-10-18;3-2(4,5)1(6)7/h1-4,9,19H,5-8,10-11H2,(H,20,24);(H,6,7). The first-order chi connectivity index (χ1) is 15.1. The molecule has 1 unspecified atom stereocenters. The number of likely N-dealkylation sites (tertiary alicyclic amines) is 1. The number of aliphatic carboxylic acids is 1. The number of aromatic nitrogens is 3. The molecule has 2 fully saturated rings. The maximum absolute atomic E-state index is 12.9. The Morgan fingerprint density at radius 2 is 1.91 bits per heavy atom. The van der Waals surface area contributed by atoms with Crippen molar-refractivity contribution in [2.24, 2.45) is 5.41 Å². The molecule has 32 heavy (non-hydrogen) atoms. The second-order valence-corrected chi connectivity index (χ2v) is 8.00.